The number of rotatable bonds is 2. The highest BCUT2D eigenvalue weighted by atomic mass is 16.6. The predicted molar refractivity (Wildman–Crippen MR) is 81.4 cm³/mol. The van der Waals surface area contributed by atoms with Gasteiger partial charge in [-0.15, -0.1) is 0 Å². The molecule has 0 N–H and O–H groups in total. The average molecular weight is 282 g/mol. The van der Waals surface area contributed by atoms with Crippen LogP contribution < -0.4 is 4.90 Å². The number of carbonyl (C=O) groups excluding carboxylic acids is 1. The summed E-state index contributed by atoms with van der Waals surface area (Å²) in [6, 6.07) is 11.8. The lowest BCUT2D eigenvalue weighted by Crippen LogP contribution is -2.29. The quantitative estimate of drug-likeness (QED) is 0.847. The second kappa shape index (κ2) is 5.56. The highest BCUT2D eigenvalue weighted by Crippen LogP contribution is 2.28. The summed E-state index contributed by atoms with van der Waals surface area (Å²) < 4.78 is 5.44. The molecule has 2 aromatic rings. The van der Waals surface area contributed by atoms with Gasteiger partial charge < -0.3 is 4.74 Å². The molecule has 1 amide bonds. The topological polar surface area (TPSA) is 42.4 Å². The van der Waals surface area contributed by atoms with Gasteiger partial charge in [0.1, 0.15) is 6.61 Å². The molecule has 3 rings (SSSR count). The summed E-state index contributed by atoms with van der Waals surface area (Å²) in [5, 5.41) is 0. The molecule has 0 saturated heterocycles. The minimum absolute atomic E-state index is 0.279. The van der Waals surface area contributed by atoms with Crippen molar-refractivity contribution in [2.45, 2.75) is 26.9 Å². The van der Waals surface area contributed by atoms with Crippen molar-refractivity contribution in [2.75, 3.05) is 11.4 Å². The van der Waals surface area contributed by atoms with Crippen LogP contribution in [0.4, 0.5) is 10.5 Å². The van der Waals surface area contributed by atoms with E-state index in [0.29, 0.717) is 6.54 Å². The number of anilines is 1. The first kappa shape index (κ1) is 13.6. The van der Waals surface area contributed by atoms with Gasteiger partial charge in [-0.25, -0.2) is 4.79 Å². The number of nitrogens with zero attached hydrogens (tertiary/aromatic N) is 2. The van der Waals surface area contributed by atoms with E-state index in [-0.39, 0.29) is 12.7 Å². The molecule has 0 fully saturated rings. The average Bonchev–Trinajstić information content (AvgIpc) is 2.88. The Labute approximate surface area is 124 Å². The van der Waals surface area contributed by atoms with E-state index in [1.165, 1.54) is 5.56 Å². The van der Waals surface area contributed by atoms with E-state index in [2.05, 4.69) is 11.1 Å². The minimum Gasteiger partial charge on any atom is -0.444 e. The zero-order valence-electron chi connectivity index (χ0n) is 12.3. The van der Waals surface area contributed by atoms with Crippen LogP contribution in [0.3, 0.4) is 0 Å². The Hall–Kier alpha value is -2.36. The molecule has 21 heavy (non-hydrogen) atoms. The van der Waals surface area contributed by atoms with Crippen molar-refractivity contribution in [3.05, 3.63) is 58.9 Å². The van der Waals surface area contributed by atoms with E-state index < -0.39 is 0 Å². The number of ether oxygens (including phenoxy) is 1. The molecule has 108 valence electrons. The Morgan fingerprint density at radius 3 is 2.71 bits per heavy atom. The summed E-state index contributed by atoms with van der Waals surface area (Å²) in [6.45, 7) is 4.85. The third kappa shape index (κ3) is 2.89. The standard InChI is InChI=1S/C17H18N2O2/c1-12-9-14(10-13(2)18-12)11-21-17(20)19-8-7-15-5-3-4-6-16(15)19/h3-6,9-10H,7-8,11H2,1-2H3. The first-order valence-corrected chi connectivity index (χ1v) is 7.10. The fourth-order valence-electron chi connectivity index (χ4n) is 2.76. The van der Waals surface area contributed by atoms with Crippen molar-refractivity contribution in [1.29, 1.82) is 0 Å². The Bertz CT molecular complexity index is 662. The Morgan fingerprint density at radius 1 is 1.24 bits per heavy atom. The van der Waals surface area contributed by atoms with Crippen LogP contribution in [0.2, 0.25) is 0 Å². The number of fused-ring (bicyclic) bond motifs is 1. The summed E-state index contributed by atoms with van der Waals surface area (Å²) in [7, 11) is 0. The largest absolute Gasteiger partial charge is 0.444 e. The van der Waals surface area contributed by atoms with Gasteiger partial charge in [-0.2, -0.15) is 0 Å². The van der Waals surface area contributed by atoms with Crippen LogP contribution in [0.25, 0.3) is 0 Å². The van der Waals surface area contributed by atoms with Crippen LogP contribution in [-0.4, -0.2) is 17.6 Å². The SMILES string of the molecule is Cc1cc(COC(=O)N2CCc3ccccc32)cc(C)n1. The molecule has 1 aliphatic rings. The van der Waals surface area contributed by atoms with Crippen LogP contribution in [0.15, 0.2) is 36.4 Å². The fraction of sp³-hybridized carbons (Fsp3) is 0.294. The number of benzene rings is 1. The van der Waals surface area contributed by atoms with Gasteiger partial charge in [0, 0.05) is 17.9 Å². The molecule has 1 aromatic carbocycles. The summed E-state index contributed by atoms with van der Waals surface area (Å²) in [5.41, 5.74) is 5.01. The highest BCUT2D eigenvalue weighted by molar-refractivity contribution is 5.90. The lowest BCUT2D eigenvalue weighted by Gasteiger charge is -2.17. The Balaban J connectivity index is 1.68. The molecule has 1 aliphatic heterocycles. The van der Waals surface area contributed by atoms with E-state index in [1.807, 2.05) is 44.2 Å². The molecule has 0 atom stereocenters. The molecule has 0 radical (unpaired) electrons. The first-order valence-electron chi connectivity index (χ1n) is 7.10. The van der Waals surface area contributed by atoms with Crippen molar-refractivity contribution >= 4 is 11.8 Å². The van der Waals surface area contributed by atoms with Gasteiger partial charge in [0.15, 0.2) is 0 Å². The summed E-state index contributed by atoms with van der Waals surface area (Å²) in [5.74, 6) is 0. The van der Waals surface area contributed by atoms with Gasteiger partial charge in [-0.3, -0.25) is 9.88 Å². The number of hydrogen-bond donors (Lipinski definition) is 0. The van der Waals surface area contributed by atoms with Gasteiger partial charge >= 0.3 is 6.09 Å². The normalized spacial score (nSPS) is 13.1. The number of aromatic nitrogens is 1. The molecular weight excluding hydrogens is 264 g/mol. The zero-order valence-corrected chi connectivity index (χ0v) is 12.3. The van der Waals surface area contributed by atoms with Crippen LogP contribution in [0, 0.1) is 13.8 Å². The van der Waals surface area contributed by atoms with Gasteiger partial charge in [0.25, 0.3) is 0 Å². The van der Waals surface area contributed by atoms with Crippen molar-refractivity contribution in [2.24, 2.45) is 0 Å². The number of amides is 1. The number of hydrogen-bond acceptors (Lipinski definition) is 3. The lowest BCUT2D eigenvalue weighted by atomic mass is 10.2. The maximum absolute atomic E-state index is 12.2. The van der Waals surface area contributed by atoms with Crippen LogP contribution in [0.5, 0.6) is 0 Å². The summed E-state index contributed by atoms with van der Waals surface area (Å²) >= 11 is 0. The molecule has 4 heteroatoms. The van der Waals surface area contributed by atoms with Gasteiger partial charge in [-0.05, 0) is 49.6 Å². The highest BCUT2D eigenvalue weighted by Gasteiger charge is 2.25. The van der Waals surface area contributed by atoms with Crippen molar-refractivity contribution < 1.29 is 9.53 Å². The van der Waals surface area contributed by atoms with E-state index >= 15 is 0 Å². The fourth-order valence-corrected chi connectivity index (χ4v) is 2.76. The van der Waals surface area contributed by atoms with E-state index in [9.17, 15) is 4.79 Å². The maximum atomic E-state index is 12.2. The van der Waals surface area contributed by atoms with Gasteiger partial charge in [0.2, 0.25) is 0 Å². The smallest absolute Gasteiger partial charge is 0.414 e. The number of para-hydroxylation sites is 1. The summed E-state index contributed by atoms with van der Waals surface area (Å²) in [4.78, 5) is 18.3. The molecular formula is C17H18N2O2. The lowest BCUT2D eigenvalue weighted by molar-refractivity contribution is 0.147. The maximum Gasteiger partial charge on any atom is 0.414 e. The minimum atomic E-state index is -0.285. The van der Waals surface area contributed by atoms with Crippen LogP contribution in [-0.2, 0) is 17.8 Å². The van der Waals surface area contributed by atoms with Crippen molar-refractivity contribution in [3.8, 4) is 0 Å². The Morgan fingerprint density at radius 2 is 1.95 bits per heavy atom. The molecule has 0 spiro atoms. The summed E-state index contributed by atoms with van der Waals surface area (Å²) in [6.07, 6.45) is 0.603. The molecule has 0 saturated carbocycles. The van der Waals surface area contributed by atoms with Crippen LogP contribution >= 0.6 is 0 Å². The van der Waals surface area contributed by atoms with Crippen molar-refractivity contribution in [3.63, 3.8) is 0 Å². The first-order chi connectivity index (χ1) is 10.1. The van der Waals surface area contributed by atoms with E-state index in [1.54, 1.807) is 4.90 Å². The number of aryl methyl sites for hydroxylation is 2. The van der Waals surface area contributed by atoms with Gasteiger partial charge in [-0.1, -0.05) is 18.2 Å². The van der Waals surface area contributed by atoms with Crippen LogP contribution in [0.1, 0.15) is 22.5 Å². The monoisotopic (exact) mass is 282 g/mol. The second-order valence-electron chi connectivity index (χ2n) is 5.34. The van der Waals surface area contributed by atoms with Crippen molar-refractivity contribution in [1.82, 2.24) is 4.98 Å². The van der Waals surface area contributed by atoms with E-state index in [0.717, 1.165) is 29.1 Å². The van der Waals surface area contributed by atoms with E-state index in [4.69, 9.17) is 4.74 Å². The number of pyridine rings is 1. The third-order valence-corrected chi connectivity index (χ3v) is 3.61. The second-order valence-corrected chi connectivity index (χ2v) is 5.34. The molecule has 1 aromatic heterocycles. The molecule has 0 bridgehead atoms. The predicted octanol–water partition coefficient (Wildman–Crippen LogP) is 3.40. The molecule has 4 nitrogen and oxygen atoms in total. The molecule has 2 heterocycles. The molecule has 0 unspecified atom stereocenters. The molecule has 0 aliphatic carbocycles. The third-order valence-electron chi connectivity index (χ3n) is 3.61. The zero-order chi connectivity index (χ0) is 14.8. The Kier molecular flexibility index (Phi) is 3.60. The number of carbonyl (C=O) groups is 1. The van der Waals surface area contributed by atoms with Gasteiger partial charge in [0.05, 0.1) is 5.69 Å².